The maximum absolute atomic E-state index is 5.69. The Balaban J connectivity index is 2.19. The van der Waals surface area contributed by atoms with Gasteiger partial charge in [0.15, 0.2) is 0 Å². The second-order valence-corrected chi connectivity index (χ2v) is 4.46. The standard InChI is InChI=1S/C7H9ClN2OS/c1-4-5(2-3-11-4)6-9-10-7(8)12-6/h4-5H,2-3H2,1H3. The van der Waals surface area contributed by atoms with Crippen LogP contribution >= 0.6 is 22.9 Å². The van der Waals surface area contributed by atoms with Crippen molar-refractivity contribution in [2.75, 3.05) is 6.61 Å². The topological polar surface area (TPSA) is 35.0 Å². The van der Waals surface area contributed by atoms with Gasteiger partial charge in [0, 0.05) is 12.5 Å². The van der Waals surface area contributed by atoms with Gasteiger partial charge >= 0.3 is 0 Å². The highest BCUT2D eigenvalue weighted by molar-refractivity contribution is 7.15. The van der Waals surface area contributed by atoms with Crippen LogP contribution in [0.25, 0.3) is 0 Å². The van der Waals surface area contributed by atoms with Gasteiger partial charge in [0.25, 0.3) is 0 Å². The van der Waals surface area contributed by atoms with Crippen LogP contribution < -0.4 is 0 Å². The molecule has 5 heteroatoms. The molecule has 0 aromatic carbocycles. The molecule has 1 aliphatic heterocycles. The minimum absolute atomic E-state index is 0.258. The number of hydrogen-bond donors (Lipinski definition) is 0. The highest BCUT2D eigenvalue weighted by Crippen LogP contribution is 2.33. The zero-order chi connectivity index (χ0) is 8.55. The Labute approximate surface area is 79.7 Å². The molecule has 0 bridgehead atoms. The number of ether oxygens (including phenoxy) is 1. The summed E-state index contributed by atoms with van der Waals surface area (Å²) in [4.78, 5) is 0. The minimum Gasteiger partial charge on any atom is -0.378 e. The van der Waals surface area contributed by atoms with Gasteiger partial charge in [-0.05, 0) is 24.9 Å². The van der Waals surface area contributed by atoms with E-state index in [2.05, 4.69) is 17.1 Å². The zero-order valence-corrected chi connectivity index (χ0v) is 8.23. The summed E-state index contributed by atoms with van der Waals surface area (Å²) in [7, 11) is 0. The van der Waals surface area contributed by atoms with E-state index in [0.717, 1.165) is 18.0 Å². The van der Waals surface area contributed by atoms with E-state index in [0.29, 0.717) is 10.4 Å². The number of nitrogens with zero attached hydrogens (tertiary/aromatic N) is 2. The predicted molar refractivity (Wildman–Crippen MR) is 47.7 cm³/mol. The second kappa shape index (κ2) is 3.28. The minimum atomic E-state index is 0.258. The molecule has 1 aromatic heterocycles. The Bertz CT molecular complexity index is 278. The molecule has 3 nitrogen and oxygen atoms in total. The fourth-order valence-corrected chi connectivity index (χ4v) is 2.49. The van der Waals surface area contributed by atoms with Crippen molar-refractivity contribution >= 4 is 22.9 Å². The molecule has 12 heavy (non-hydrogen) atoms. The third kappa shape index (κ3) is 1.46. The van der Waals surface area contributed by atoms with Crippen LogP contribution in [0.2, 0.25) is 4.47 Å². The molecule has 2 unspecified atom stereocenters. The molecular formula is C7H9ClN2OS. The summed E-state index contributed by atoms with van der Waals surface area (Å²) in [5, 5.41) is 8.78. The van der Waals surface area contributed by atoms with Crippen molar-refractivity contribution in [3.63, 3.8) is 0 Å². The molecule has 1 saturated heterocycles. The van der Waals surface area contributed by atoms with E-state index >= 15 is 0 Å². The lowest BCUT2D eigenvalue weighted by atomic mass is 10.0. The summed E-state index contributed by atoms with van der Waals surface area (Å²) < 4.78 is 5.94. The summed E-state index contributed by atoms with van der Waals surface area (Å²) >= 11 is 7.14. The molecule has 1 aromatic rings. The SMILES string of the molecule is CC1OCCC1c1nnc(Cl)s1. The number of halogens is 1. The fraction of sp³-hybridized carbons (Fsp3) is 0.714. The summed E-state index contributed by atoms with van der Waals surface area (Å²) in [6.45, 7) is 2.88. The van der Waals surface area contributed by atoms with E-state index in [4.69, 9.17) is 16.3 Å². The quantitative estimate of drug-likeness (QED) is 0.703. The van der Waals surface area contributed by atoms with Gasteiger partial charge in [0.05, 0.1) is 6.10 Å². The van der Waals surface area contributed by atoms with Gasteiger partial charge in [-0.25, -0.2) is 0 Å². The van der Waals surface area contributed by atoms with Gasteiger partial charge in [-0.1, -0.05) is 11.3 Å². The Morgan fingerprint density at radius 2 is 2.42 bits per heavy atom. The smallest absolute Gasteiger partial charge is 0.207 e. The number of hydrogen-bond acceptors (Lipinski definition) is 4. The lowest BCUT2D eigenvalue weighted by Crippen LogP contribution is -2.08. The fourth-order valence-electron chi connectivity index (χ4n) is 1.42. The molecule has 66 valence electrons. The second-order valence-electron chi connectivity index (χ2n) is 2.86. The largest absolute Gasteiger partial charge is 0.378 e. The van der Waals surface area contributed by atoms with Gasteiger partial charge < -0.3 is 4.74 Å². The molecule has 0 saturated carbocycles. The summed E-state index contributed by atoms with van der Waals surface area (Å²) in [5.41, 5.74) is 0. The Hall–Kier alpha value is -0.190. The molecule has 0 spiro atoms. The highest BCUT2D eigenvalue weighted by Gasteiger charge is 2.28. The first-order chi connectivity index (χ1) is 5.77. The van der Waals surface area contributed by atoms with E-state index < -0.39 is 0 Å². The normalized spacial score (nSPS) is 29.5. The summed E-state index contributed by atoms with van der Waals surface area (Å²) in [6.07, 6.45) is 1.29. The molecule has 2 heterocycles. The molecule has 2 rings (SSSR count). The summed E-state index contributed by atoms with van der Waals surface area (Å²) in [5.74, 6) is 0.398. The average molecular weight is 205 g/mol. The molecule has 2 atom stereocenters. The molecule has 0 amide bonds. The molecule has 1 fully saturated rings. The van der Waals surface area contributed by atoms with Crippen LogP contribution in [0.15, 0.2) is 0 Å². The van der Waals surface area contributed by atoms with Crippen LogP contribution in [0.4, 0.5) is 0 Å². The van der Waals surface area contributed by atoms with Crippen molar-refractivity contribution in [2.45, 2.75) is 25.4 Å². The van der Waals surface area contributed by atoms with Gasteiger partial charge in [-0.3, -0.25) is 0 Å². The lowest BCUT2D eigenvalue weighted by molar-refractivity contribution is 0.118. The van der Waals surface area contributed by atoms with Crippen molar-refractivity contribution in [2.24, 2.45) is 0 Å². The van der Waals surface area contributed by atoms with E-state index in [-0.39, 0.29) is 6.10 Å². The first kappa shape index (κ1) is 8.41. The van der Waals surface area contributed by atoms with Crippen molar-refractivity contribution in [1.82, 2.24) is 10.2 Å². The lowest BCUT2D eigenvalue weighted by Gasteiger charge is -2.08. The zero-order valence-electron chi connectivity index (χ0n) is 6.66. The molecule has 0 aliphatic carbocycles. The van der Waals surface area contributed by atoms with Crippen LogP contribution in [-0.4, -0.2) is 22.9 Å². The predicted octanol–water partition coefficient (Wildman–Crippen LogP) is 2.08. The van der Waals surface area contributed by atoms with Gasteiger partial charge in [0.1, 0.15) is 5.01 Å². The maximum Gasteiger partial charge on any atom is 0.207 e. The molecule has 0 radical (unpaired) electrons. The van der Waals surface area contributed by atoms with Gasteiger partial charge in [0.2, 0.25) is 4.47 Å². The van der Waals surface area contributed by atoms with E-state index in [1.807, 2.05) is 0 Å². The molecule has 1 aliphatic rings. The van der Waals surface area contributed by atoms with Crippen molar-refractivity contribution in [1.29, 1.82) is 0 Å². The third-order valence-electron chi connectivity index (χ3n) is 2.11. The summed E-state index contributed by atoms with van der Waals surface area (Å²) in [6, 6.07) is 0. The monoisotopic (exact) mass is 204 g/mol. The maximum atomic E-state index is 5.69. The van der Waals surface area contributed by atoms with Gasteiger partial charge in [-0.15, -0.1) is 10.2 Å². The van der Waals surface area contributed by atoms with Crippen LogP contribution in [-0.2, 0) is 4.74 Å². The third-order valence-corrected chi connectivity index (χ3v) is 3.26. The first-order valence-corrected chi connectivity index (χ1v) is 5.07. The van der Waals surface area contributed by atoms with Crippen molar-refractivity contribution < 1.29 is 4.74 Å². The Kier molecular flexibility index (Phi) is 2.30. The van der Waals surface area contributed by atoms with Crippen LogP contribution in [0.1, 0.15) is 24.3 Å². The highest BCUT2D eigenvalue weighted by atomic mass is 35.5. The Morgan fingerprint density at radius 3 is 2.92 bits per heavy atom. The van der Waals surface area contributed by atoms with Crippen molar-refractivity contribution in [3.8, 4) is 0 Å². The van der Waals surface area contributed by atoms with Crippen LogP contribution in [0, 0.1) is 0 Å². The number of aromatic nitrogens is 2. The number of rotatable bonds is 1. The van der Waals surface area contributed by atoms with E-state index in [1.54, 1.807) is 0 Å². The van der Waals surface area contributed by atoms with Crippen LogP contribution in [0.3, 0.4) is 0 Å². The Morgan fingerprint density at radius 1 is 1.58 bits per heavy atom. The molecule has 0 N–H and O–H groups in total. The van der Waals surface area contributed by atoms with Gasteiger partial charge in [-0.2, -0.15) is 0 Å². The van der Waals surface area contributed by atoms with E-state index in [9.17, 15) is 0 Å². The average Bonchev–Trinajstić information content (AvgIpc) is 2.58. The van der Waals surface area contributed by atoms with E-state index in [1.165, 1.54) is 11.3 Å². The van der Waals surface area contributed by atoms with Crippen LogP contribution in [0.5, 0.6) is 0 Å². The first-order valence-electron chi connectivity index (χ1n) is 3.88. The molecular weight excluding hydrogens is 196 g/mol. The van der Waals surface area contributed by atoms with Crippen molar-refractivity contribution in [3.05, 3.63) is 9.47 Å².